The van der Waals surface area contributed by atoms with Gasteiger partial charge in [0.05, 0.1) is 5.39 Å². The number of nitriles is 1. The maximum Gasteiger partial charge on any atom is 0.259 e. The summed E-state index contributed by atoms with van der Waals surface area (Å²) in [5.74, 6) is -0.492. The summed E-state index contributed by atoms with van der Waals surface area (Å²) in [4.78, 5) is 22.6. The van der Waals surface area contributed by atoms with Gasteiger partial charge in [-0.3, -0.25) is 4.79 Å². The number of carbonyl (C=O) groups is 1. The maximum atomic E-state index is 11.4. The first kappa shape index (κ1) is 15.2. The zero-order chi connectivity index (χ0) is 17.3. The predicted molar refractivity (Wildman–Crippen MR) is 91.3 cm³/mol. The zero-order valence-electron chi connectivity index (χ0n) is 12.9. The molecule has 2 heterocycles. The molecule has 0 aliphatic heterocycles. The molecule has 0 saturated heterocycles. The van der Waals surface area contributed by atoms with Crippen molar-refractivity contribution in [3.8, 4) is 17.2 Å². The minimum atomic E-state index is -0.801. The molecule has 0 aliphatic rings. The molecule has 2 aromatic heterocycles. The molecule has 0 radical (unpaired) electrons. The molecule has 1 aromatic carbocycles. The van der Waals surface area contributed by atoms with Gasteiger partial charge in [-0.15, -0.1) is 0 Å². The molecular weight excluding hydrogens is 304 g/mol. The molecule has 7 heteroatoms. The number of nitrogens with one attached hydrogen (secondary N) is 1. The van der Waals surface area contributed by atoms with Gasteiger partial charge in [-0.25, -0.2) is 9.97 Å². The lowest BCUT2D eigenvalue weighted by atomic mass is 10.0. The third-order valence-electron chi connectivity index (χ3n) is 3.66. The Labute approximate surface area is 137 Å². The highest BCUT2D eigenvalue weighted by atomic mass is 16.1. The van der Waals surface area contributed by atoms with E-state index in [0.29, 0.717) is 22.5 Å². The Balaban J connectivity index is 2.36. The van der Waals surface area contributed by atoms with E-state index >= 15 is 0 Å². The van der Waals surface area contributed by atoms with Crippen molar-refractivity contribution in [1.82, 2.24) is 15.0 Å². The van der Waals surface area contributed by atoms with Crippen LogP contribution in [0, 0.1) is 18.3 Å². The topological polar surface area (TPSA) is 134 Å². The van der Waals surface area contributed by atoms with Crippen LogP contribution in [0.15, 0.2) is 36.2 Å². The number of nitrogens with zero attached hydrogens (tertiary/aromatic N) is 3. The van der Waals surface area contributed by atoms with Gasteiger partial charge in [-0.1, -0.05) is 29.8 Å². The number of carbonyl (C=O) groups excluding carboxylic acids is 1. The van der Waals surface area contributed by atoms with E-state index in [0.717, 1.165) is 16.7 Å². The number of benzene rings is 1. The summed E-state index contributed by atoms with van der Waals surface area (Å²) in [6.07, 6.45) is 2.75. The van der Waals surface area contributed by atoms with Gasteiger partial charge in [0, 0.05) is 11.3 Å². The first-order chi connectivity index (χ1) is 11.5. The second kappa shape index (κ2) is 5.85. The van der Waals surface area contributed by atoms with E-state index in [9.17, 15) is 4.79 Å². The van der Waals surface area contributed by atoms with Crippen LogP contribution < -0.4 is 11.5 Å². The highest BCUT2D eigenvalue weighted by Gasteiger charge is 2.17. The fourth-order valence-corrected chi connectivity index (χ4v) is 2.50. The zero-order valence-corrected chi connectivity index (χ0v) is 12.9. The number of H-pyrrole nitrogens is 1. The lowest BCUT2D eigenvalue weighted by molar-refractivity contribution is -0.114. The van der Waals surface area contributed by atoms with Gasteiger partial charge in [-0.2, -0.15) is 5.26 Å². The minimum absolute atomic E-state index is 0.165. The molecular formula is C17H14N6O. The molecule has 0 bridgehead atoms. The molecule has 0 unspecified atom stereocenters. The normalized spacial score (nSPS) is 11.4. The third-order valence-corrected chi connectivity index (χ3v) is 3.66. The van der Waals surface area contributed by atoms with E-state index in [-0.39, 0.29) is 5.57 Å². The molecule has 0 spiro atoms. The summed E-state index contributed by atoms with van der Waals surface area (Å²) in [6.45, 7) is 1.98. The number of primary amides is 1. The Morgan fingerprint density at radius 3 is 2.62 bits per heavy atom. The highest BCUT2D eigenvalue weighted by Crippen LogP contribution is 2.35. The lowest BCUT2D eigenvalue weighted by Gasteiger charge is -2.04. The number of anilines is 1. The van der Waals surface area contributed by atoms with E-state index in [2.05, 4.69) is 15.0 Å². The number of aromatic nitrogens is 3. The highest BCUT2D eigenvalue weighted by molar-refractivity contribution is 6.07. The largest absolute Gasteiger partial charge is 0.383 e. The van der Waals surface area contributed by atoms with Gasteiger partial charge in [0.15, 0.2) is 0 Å². The van der Waals surface area contributed by atoms with Crippen LogP contribution in [0.1, 0.15) is 11.3 Å². The Kier molecular flexibility index (Phi) is 3.72. The fraction of sp³-hybridized carbons (Fsp3) is 0.0588. The van der Waals surface area contributed by atoms with E-state index in [1.807, 2.05) is 31.2 Å². The van der Waals surface area contributed by atoms with Crippen molar-refractivity contribution >= 4 is 28.8 Å². The van der Waals surface area contributed by atoms with Crippen LogP contribution in [0.5, 0.6) is 0 Å². The number of nitrogen functional groups attached to an aromatic ring is 1. The standard InChI is InChI=1S/C17H14N6O/c1-9-2-4-10(5-3-9)13-12(6-11(7-18)16(20)24)23-17-14(13)15(19)21-8-22-17/h2-6,8H,1H3,(H2,20,24)(H3,19,21,22,23). The SMILES string of the molecule is Cc1ccc(-c2c(C=C(C#N)C(N)=O)[nH]c3ncnc(N)c23)cc1. The summed E-state index contributed by atoms with van der Waals surface area (Å²) >= 11 is 0. The summed E-state index contributed by atoms with van der Waals surface area (Å²) in [5, 5.41) is 9.73. The number of hydrogen-bond donors (Lipinski definition) is 3. The van der Waals surface area contributed by atoms with Gasteiger partial charge in [0.25, 0.3) is 5.91 Å². The van der Waals surface area contributed by atoms with Crippen molar-refractivity contribution in [1.29, 1.82) is 5.26 Å². The molecule has 7 nitrogen and oxygen atoms in total. The Morgan fingerprint density at radius 1 is 1.29 bits per heavy atom. The van der Waals surface area contributed by atoms with Crippen molar-refractivity contribution in [3.05, 3.63) is 47.4 Å². The molecule has 0 aliphatic carbocycles. The number of rotatable bonds is 3. The maximum absolute atomic E-state index is 11.4. The van der Waals surface area contributed by atoms with Crippen molar-refractivity contribution in [2.75, 3.05) is 5.73 Å². The molecule has 0 saturated carbocycles. The number of fused-ring (bicyclic) bond motifs is 1. The number of aryl methyl sites for hydroxylation is 1. The predicted octanol–water partition coefficient (Wildman–Crippen LogP) is 1.91. The van der Waals surface area contributed by atoms with Crippen molar-refractivity contribution < 1.29 is 4.79 Å². The number of nitrogens with two attached hydrogens (primary N) is 2. The molecule has 5 N–H and O–H groups in total. The average Bonchev–Trinajstić information content (AvgIpc) is 2.92. The van der Waals surface area contributed by atoms with Crippen molar-refractivity contribution in [3.63, 3.8) is 0 Å². The molecule has 0 fully saturated rings. The first-order valence-corrected chi connectivity index (χ1v) is 7.12. The molecule has 0 atom stereocenters. The van der Waals surface area contributed by atoms with Crippen molar-refractivity contribution in [2.45, 2.75) is 6.92 Å². The van der Waals surface area contributed by atoms with Crippen molar-refractivity contribution in [2.24, 2.45) is 5.73 Å². The number of amides is 1. The fourth-order valence-electron chi connectivity index (χ4n) is 2.50. The summed E-state index contributed by atoms with van der Waals surface area (Å²) in [6, 6.07) is 9.57. The molecule has 1 amide bonds. The Hall–Kier alpha value is -3.66. The van der Waals surface area contributed by atoms with Crippen LogP contribution in [0.4, 0.5) is 5.82 Å². The van der Waals surface area contributed by atoms with Gasteiger partial charge in [0.2, 0.25) is 0 Å². The van der Waals surface area contributed by atoms with Gasteiger partial charge >= 0.3 is 0 Å². The summed E-state index contributed by atoms with van der Waals surface area (Å²) in [5.41, 5.74) is 14.8. The monoisotopic (exact) mass is 318 g/mol. The van der Waals surface area contributed by atoms with Crippen LogP contribution in [0.25, 0.3) is 28.2 Å². The molecule has 3 aromatic rings. The lowest BCUT2D eigenvalue weighted by Crippen LogP contribution is -2.12. The molecule has 24 heavy (non-hydrogen) atoms. The average molecular weight is 318 g/mol. The Morgan fingerprint density at radius 2 is 2.00 bits per heavy atom. The van der Waals surface area contributed by atoms with E-state index in [4.69, 9.17) is 16.7 Å². The second-order valence-electron chi connectivity index (χ2n) is 5.30. The molecule has 3 rings (SSSR count). The van der Waals surface area contributed by atoms with E-state index in [1.165, 1.54) is 12.4 Å². The first-order valence-electron chi connectivity index (χ1n) is 7.12. The van der Waals surface area contributed by atoms with Gasteiger partial charge < -0.3 is 16.5 Å². The van der Waals surface area contributed by atoms with E-state index < -0.39 is 5.91 Å². The quantitative estimate of drug-likeness (QED) is 0.501. The van der Waals surface area contributed by atoms with Gasteiger partial charge in [0.1, 0.15) is 29.4 Å². The summed E-state index contributed by atoms with van der Waals surface area (Å²) < 4.78 is 0. The van der Waals surface area contributed by atoms with Crippen LogP contribution in [-0.4, -0.2) is 20.9 Å². The number of hydrogen-bond acceptors (Lipinski definition) is 5. The summed E-state index contributed by atoms with van der Waals surface area (Å²) in [7, 11) is 0. The van der Waals surface area contributed by atoms with Crippen LogP contribution in [0.2, 0.25) is 0 Å². The van der Waals surface area contributed by atoms with Crippen LogP contribution in [0.3, 0.4) is 0 Å². The van der Waals surface area contributed by atoms with E-state index in [1.54, 1.807) is 6.07 Å². The Bertz CT molecular complexity index is 1010. The minimum Gasteiger partial charge on any atom is -0.383 e. The van der Waals surface area contributed by atoms with Crippen LogP contribution >= 0.6 is 0 Å². The smallest absolute Gasteiger partial charge is 0.259 e. The van der Waals surface area contributed by atoms with Gasteiger partial charge in [-0.05, 0) is 18.6 Å². The number of aromatic amines is 1. The molecule has 118 valence electrons. The second-order valence-corrected chi connectivity index (χ2v) is 5.30. The van der Waals surface area contributed by atoms with Crippen LogP contribution in [-0.2, 0) is 4.79 Å². The third kappa shape index (κ3) is 2.57.